The molecule has 0 bridgehead atoms. The van der Waals surface area contributed by atoms with Crippen LogP contribution in [0.1, 0.15) is 5.56 Å². The first-order chi connectivity index (χ1) is 13.9. The van der Waals surface area contributed by atoms with E-state index in [0.29, 0.717) is 16.8 Å². The largest absolute Gasteiger partial charge is 0.416 e. The highest BCUT2D eigenvalue weighted by Gasteiger charge is 2.29. The summed E-state index contributed by atoms with van der Waals surface area (Å²) in [6.45, 7) is 0.143. The highest BCUT2D eigenvalue weighted by Crippen LogP contribution is 2.30. The Labute approximate surface area is 162 Å². The van der Waals surface area contributed by atoms with Crippen LogP contribution in [-0.2, 0) is 17.5 Å². The summed E-state index contributed by atoms with van der Waals surface area (Å²) in [4.78, 5) is 23.3. The second-order valence-electron chi connectivity index (χ2n) is 6.44. The average molecular weight is 397 g/mol. The molecule has 4 rings (SSSR count). The average Bonchev–Trinajstić information content (AvgIpc) is 3.10. The molecule has 0 aliphatic heterocycles. The Morgan fingerprint density at radius 2 is 1.72 bits per heavy atom. The summed E-state index contributed by atoms with van der Waals surface area (Å²) in [5.74, 6) is 0. The molecule has 2 aromatic carbocycles. The lowest BCUT2D eigenvalue weighted by Gasteiger charge is -2.10. The fourth-order valence-corrected chi connectivity index (χ4v) is 3.16. The first-order valence-electron chi connectivity index (χ1n) is 8.67. The summed E-state index contributed by atoms with van der Waals surface area (Å²) >= 11 is 0. The van der Waals surface area contributed by atoms with Gasteiger partial charge in [0, 0.05) is 23.3 Å². The molecule has 29 heavy (non-hydrogen) atoms. The van der Waals surface area contributed by atoms with Crippen molar-refractivity contribution in [2.75, 3.05) is 0 Å². The van der Waals surface area contributed by atoms with Crippen LogP contribution in [0, 0.1) is 0 Å². The SMILES string of the molecule is O=CCn1ncc2cc(-n3ccc(-c4ccc(C(F)(F)F)cc4)cc3=O)ccc21. The van der Waals surface area contributed by atoms with Crippen LogP contribution >= 0.6 is 0 Å². The third-order valence-electron chi connectivity index (χ3n) is 4.62. The topological polar surface area (TPSA) is 56.9 Å². The van der Waals surface area contributed by atoms with Crippen molar-refractivity contribution < 1.29 is 18.0 Å². The van der Waals surface area contributed by atoms with Crippen LogP contribution < -0.4 is 5.56 Å². The van der Waals surface area contributed by atoms with E-state index in [1.165, 1.54) is 22.8 Å². The molecule has 0 fully saturated rings. The van der Waals surface area contributed by atoms with Gasteiger partial charge in [0.1, 0.15) is 6.29 Å². The molecule has 0 saturated heterocycles. The first kappa shape index (κ1) is 18.7. The number of carbonyl (C=O) groups excluding carboxylic acids is 1. The minimum Gasteiger partial charge on any atom is -0.301 e. The number of aldehydes is 1. The van der Waals surface area contributed by atoms with E-state index in [1.54, 1.807) is 41.3 Å². The van der Waals surface area contributed by atoms with Crippen LogP contribution in [0.2, 0.25) is 0 Å². The van der Waals surface area contributed by atoms with Gasteiger partial charge in [0.05, 0.1) is 23.8 Å². The van der Waals surface area contributed by atoms with Gasteiger partial charge in [0.15, 0.2) is 0 Å². The summed E-state index contributed by atoms with van der Waals surface area (Å²) < 4.78 is 41.1. The van der Waals surface area contributed by atoms with Gasteiger partial charge in [-0.2, -0.15) is 18.3 Å². The normalized spacial score (nSPS) is 11.7. The van der Waals surface area contributed by atoms with Crippen LogP contribution in [0.25, 0.3) is 27.7 Å². The van der Waals surface area contributed by atoms with Crippen molar-refractivity contribution in [3.63, 3.8) is 0 Å². The fraction of sp³-hybridized carbons (Fsp3) is 0.0952. The zero-order valence-electron chi connectivity index (χ0n) is 14.9. The number of halogens is 3. The Bertz CT molecular complexity index is 1250. The molecule has 0 unspecified atom stereocenters. The lowest BCUT2D eigenvalue weighted by molar-refractivity contribution is -0.137. The van der Waals surface area contributed by atoms with E-state index in [0.717, 1.165) is 29.3 Å². The maximum atomic E-state index is 12.7. The van der Waals surface area contributed by atoms with Crippen molar-refractivity contribution >= 4 is 17.2 Å². The summed E-state index contributed by atoms with van der Waals surface area (Å²) in [7, 11) is 0. The number of fused-ring (bicyclic) bond motifs is 1. The number of nitrogens with zero attached hydrogens (tertiary/aromatic N) is 3. The molecular formula is C21H14F3N3O2. The molecule has 0 radical (unpaired) electrons. The van der Waals surface area contributed by atoms with Crippen LogP contribution in [0.5, 0.6) is 0 Å². The molecule has 2 heterocycles. The molecule has 0 aliphatic carbocycles. The molecule has 0 aliphatic rings. The van der Waals surface area contributed by atoms with Crippen molar-refractivity contribution in [1.29, 1.82) is 0 Å². The molecule has 0 spiro atoms. The van der Waals surface area contributed by atoms with Crippen LogP contribution in [0.15, 0.2) is 71.8 Å². The zero-order valence-corrected chi connectivity index (χ0v) is 14.9. The molecule has 0 atom stereocenters. The quantitative estimate of drug-likeness (QED) is 0.488. The molecule has 146 valence electrons. The van der Waals surface area contributed by atoms with Gasteiger partial charge >= 0.3 is 6.18 Å². The third-order valence-corrected chi connectivity index (χ3v) is 4.62. The van der Waals surface area contributed by atoms with E-state index in [9.17, 15) is 22.8 Å². The Hall–Kier alpha value is -3.68. The molecule has 4 aromatic rings. The van der Waals surface area contributed by atoms with Crippen molar-refractivity contribution in [3.05, 3.63) is 82.9 Å². The Morgan fingerprint density at radius 1 is 0.966 bits per heavy atom. The lowest BCUT2D eigenvalue weighted by atomic mass is 10.0. The fourth-order valence-electron chi connectivity index (χ4n) is 3.16. The maximum absolute atomic E-state index is 12.7. The predicted octanol–water partition coefficient (Wildman–Crippen LogP) is 4.07. The molecular weight excluding hydrogens is 383 g/mol. The number of carbonyl (C=O) groups is 1. The number of hydrogen-bond acceptors (Lipinski definition) is 3. The van der Waals surface area contributed by atoms with Crippen LogP contribution in [-0.4, -0.2) is 20.6 Å². The molecule has 2 aromatic heterocycles. The van der Waals surface area contributed by atoms with E-state index in [4.69, 9.17) is 0 Å². The van der Waals surface area contributed by atoms with Gasteiger partial charge in [0.2, 0.25) is 0 Å². The van der Waals surface area contributed by atoms with E-state index in [1.807, 2.05) is 0 Å². The minimum atomic E-state index is -4.40. The van der Waals surface area contributed by atoms with Crippen molar-refractivity contribution in [2.45, 2.75) is 12.7 Å². The molecule has 5 nitrogen and oxygen atoms in total. The Kier molecular flexibility index (Phi) is 4.54. The Balaban J connectivity index is 1.68. The van der Waals surface area contributed by atoms with Gasteiger partial charge in [-0.15, -0.1) is 0 Å². The van der Waals surface area contributed by atoms with Crippen molar-refractivity contribution in [1.82, 2.24) is 14.3 Å². The number of pyridine rings is 1. The predicted molar refractivity (Wildman–Crippen MR) is 102 cm³/mol. The third kappa shape index (κ3) is 3.56. The molecule has 8 heteroatoms. The smallest absolute Gasteiger partial charge is 0.301 e. The second-order valence-corrected chi connectivity index (χ2v) is 6.44. The minimum absolute atomic E-state index is 0.143. The second kappa shape index (κ2) is 7.05. The van der Waals surface area contributed by atoms with Gasteiger partial charge < -0.3 is 4.79 Å². The number of rotatable bonds is 4. The molecule has 0 N–H and O–H groups in total. The number of aromatic nitrogens is 3. The maximum Gasteiger partial charge on any atom is 0.416 e. The van der Waals surface area contributed by atoms with Gasteiger partial charge in [-0.1, -0.05) is 12.1 Å². The summed E-state index contributed by atoms with van der Waals surface area (Å²) in [6, 6.07) is 13.0. The van der Waals surface area contributed by atoms with Gasteiger partial charge in [-0.05, 0) is 47.5 Å². The number of hydrogen-bond donors (Lipinski definition) is 0. The standard InChI is InChI=1S/C21H14F3N3O2/c22-21(23,24)17-3-1-14(2-4-17)15-7-8-26(20(29)12-15)18-5-6-19-16(11-18)13-25-27(19)9-10-28/h1-8,10-13H,9H2. The van der Waals surface area contributed by atoms with E-state index in [2.05, 4.69) is 5.10 Å². The number of alkyl halides is 3. The first-order valence-corrected chi connectivity index (χ1v) is 8.67. The van der Waals surface area contributed by atoms with Crippen molar-refractivity contribution in [3.8, 4) is 16.8 Å². The molecule has 0 amide bonds. The summed E-state index contributed by atoms with van der Waals surface area (Å²) in [5, 5.41) is 4.92. The van der Waals surface area contributed by atoms with Crippen LogP contribution in [0.3, 0.4) is 0 Å². The van der Waals surface area contributed by atoms with Crippen LogP contribution in [0.4, 0.5) is 13.2 Å². The monoisotopic (exact) mass is 397 g/mol. The lowest BCUT2D eigenvalue weighted by Crippen LogP contribution is -2.16. The van der Waals surface area contributed by atoms with Gasteiger partial charge in [-0.25, -0.2) is 0 Å². The van der Waals surface area contributed by atoms with E-state index in [-0.39, 0.29) is 12.1 Å². The van der Waals surface area contributed by atoms with Gasteiger partial charge in [0.25, 0.3) is 5.56 Å². The highest BCUT2D eigenvalue weighted by molar-refractivity contribution is 5.81. The van der Waals surface area contributed by atoms with Crippen molar-refractivity contribution in [2.24, 2.45) is 0 Å². The van der Waals surface area contributed by atoms with Gasteiger partial charge in [-0.3, -0.25) is 14.0 Å². The Morgan fingerprint density at radius 3 is 2.38 bits per heavy atom. The summed E-state index contributed by atoms with van der Waals surface area (Å²) in [6.07, 6.45) is -0.457. The van der Waals surface area contributed by atoms with E-state index < -0.39 is 11.7 Å². The van der Waals surface area contributed by atoms with E-state index >= 15 is 0 Å². The number of benzene rings is 2. The summed E-state index contributed by atoms with van der Waals surface area (Å²) in [5.41, 5.74) is 1.38. The highest BCUT2D eigenvalue weighted by atomic mass is 19.4. The molecule has 0 saturated carbocycles. The zero-order chi connectivity index (χ0) is 20.6.